The van der Waals surface area contributed by atoms with Crippen molar-refractivity contribution in [3.63, 3.8) is 0 Å². The van der Waals surface area contributed by atoms with Gasteiger partial charge >= 0.3 is 0 Å². The van der Waals surface area contributed by atoms with E-state index in [1.807, 2.05) is 50.2 Å². The molecule has 2 N–H and O–H groups in total. The van der Waals surface area contributed by atoms with Crippen LogP contribution in [-0.2, 0) is 0 Å². The first-order chi connectivity index (χ1) is 8.99. The molecular weight excluding hydrogens is 306 g/mol. The van der Waals surface area contributed by atoms with Crippen molar-refractivity contribution in [2.45, 2.75) is 6.92 Å². The third kappa shape index (κ3) is 2.98. The zero-order valence-corrected chi connectivity index (χ0v) is 12.7. The number of aromatic nitrogens is 1. The van der Waals surface area contributed by atoms with E-state index in [2.05, 4.69) is 20.9 Å². The number of pyridine rings is 1. The van der Waals surface area contributed by atoms with Crippen molar-refractivity contribution in [2.75, 3.05) is 24.7 Å². The number of hydrogen-bond acceptors (Lipinski definition) is 4. The van der Waals surface area contributed by atoms with Crippen LogP contribution < -0.4 is 15.4 Å². The van der Waals surface area contributed by atoms with Crippen molar-refractivity contribution in [2.24, 2.45) is 0 Å². The molecule has 0 aliphatic carbocycles. The van der Waals surface area contributed by atoms with Gasteiger partial charge in [0.25, 0.3) is 0 Å². The number of nitrogen functional groups attached to an aromatic ring is 1. The highest BCUT2D eigenvalue weighted by atomic mass is 79.9. The van der Waals surface area contributed by atoms with E-state index in [1.165, 1.54) is 0 Å². The molecule has 0 saturated heterocycles. The summed E-state index contributed by atoms with van der Waals surface area (Å²) in [6, 6.07) is 7.82. The second kappa shape index (κ2) is 5.48. The van der Waals surface area contributed by atoms with E-state index < -0.39 is 0 Å². The summed E-state index contributed by atoms with van der Waals surface area (Å²) in [4.78, 5) is 6.22. The van der Waals surface area contributed by atoms with Gasteiger partial charge < -0.3 is 15.4 Å². The highest BCUT2D eigenvalue weighted by molar-refractivity contribution is 9.10. The second-order valence-corrected chi connectivity index (χ2v) is 5.24. The minimum atomic E-state index is 0.516. The SMILES string of the molecule is Cc1c(N)cnc(Oc2cccc(N(C)C)c2)c1Br. The summed E-state index contributed by atoms with van der Waals surface area (Å²) in [7, 11) is 3.97. The van der Waals surface area contributed by atoms with E-state index in [0.717, 1.165) is 21.5 Å². The lowest BCUT2D eigenvalue weighted by Gasteiger charge is -2.14. The van der Waals surface area contributed by atoms with Crippen molar-refractivity contribution >= 4 is 27.3 Å². The van der Waals surface area contributed by atoms with Crippen LogP contribution in [0.4, 0.5) is 11.4 Å². The maximum atomic E-state index is 5.80. The fraction of sp³-hybridized carbons (Fsp3) is 0.214. The number of halogens is 1. The molecule has 1 aromatic carbocycles. The van der Waals surface area contributed by atoms with E-state index >= 15 is 0 Å². The van der Waals surface area contributed by atoms with Gasteiger partial charge in [0.1, 0.15) is 5.75 Å². The first kappa shape index (κ1) is 13.7. The number of hydrogen-bond donors (Lipinski definition) is 1. The van der Waals surface area contributed by atoms with Gasteiger partial charge in [-0.15, -0.1) is 0 Å². The molecule has 0 unspecified atom stereocenters. The van der Waals surface area contributed by atoms with Crippen molar-refractivity contribution in [3.05, 3.63) is 40.5 Å². The first-order valence-electron chi connectivity index (χ1n) is 5.85. The molecular formula is C14H16BrN3O. The lowest BCUT2D eigenvalue weighted by molar-refractivity contribution is 0.459. The van der Waals surface area contributed by atoms with Crippen LogP contribution in [0.5, 0.6) is 11.6 Å². The molecule has 1 heterocycles. The largest absolute Gasteiger partial charge is 0.438 e. The molecule has 1 aromatic heterocycles. The fourth-order valence-corrected chi connectivity index (χ4v) is 1.99. The lowest BCUT2D eigenvalue weighted by Crippen LogP contribution is -2.08. The normalized spacial score (nSPS) is 10.3. The van der Waals surface area contributed by atoms with Gasteiger partial charge in [-0.2, -0.15) is 0 Å². The summed E-state index contributed by atoms with van der Waals surface area (Å²) in [5, 5.41) is 0. The van der Waals surface area contributed by atoms with Gasteiger partial charge in [-0.3, -0.25) is 0 Å². The summed E-state index contributed by atoms with van der Waals surface area (Å²) in [6.07, 6.45) is 1.60. The lowest BCUT2D eigenvalue weighted by atomic mass is 10.2. The Bertz CT molecular complexity index is 599. The molecule has 0 radical (unpaired) electrons. The minimum absolute atomic E-state index is 0.516. The Hall–Kier alpha value is -1.75. The maximum Gasteiger partial charge on any atom is 0.234 e. The molecule has 5 heteroatoms. The maximum absolute atomic E-state index is 5.80. The van der Waals surface area contributed by atoms with Crippen molar-refractivity contribution in [3.8, 4) is 11.6 Å². The number of ether oxygens (including phenoxy) is 1. The highest BCUT2D eigenvalue weighted by Gasteiger charge is 2.10. The van der Waals surface area contributed by atoms with Gasteiger partial charge in [0.15, 0.2) is 0 Å². The van der Waals surface area contributed by atoms with Crippen molar-refractivity contribution in [1.82, 2.24) is 4.98 Å². The summed E-state index contributed by atoms with van der Waals surface area (Å²) in [5.74, 6) is 1.26. The van der Waals surface area contributed by atoms with Gasteiger partial charge in [0.05, 0.1) is 16.4 Å². The molecule has 0 spiro atoms. The summed E-state index contributed by atoms with van der Waals surface area (Å²) in [5.41, 5.74) is 8.43. The van der Waals surface area contributed by atoms with Crippen LogP contribution in [-0.4, -0.2) is 19.1 Å². The molecule has 4 nitrogen and oxygen atoms in total. The Labute approximate surface area is 121 Å². The van der Waals surface area contributed by atoms with Gasteiger partial charge in [-0.05, 0) is 40.5 Å². The predicted octanol–water partition coefficient (Wildman–Crippen LogP) is 3.59. The molecule has 19 heavy (non-hydrogen) atoms. The Kier molecular flexibility index (Phi) is 3.95. The van der Waals surface area contributed by atoms with Crippen LogP contribution >= 0.6 is 15.9 Å². The molecule has 2 aromatic rings. The van der Waals surface area contributed by atoms with E-state index in [0.29, 0.717) is 11.6 Å². The number of rotatable bonds is 3. The average Bonchev–Trinajstić information content (AvgIpc) is 2.40. The Morgan fingerprint density at radius 1 is 1.32 bits per heavy atom. The van der Waals surface area contributed by atoms with Crippen LogP contribution in [0.15, 0.2) is 34.9 Å². The average molecular weight is 322 g/mol. The molecule has 0 atom stereocenters. The molecule has 0 saturated carbocycles. The Balaban J connectivity index is 2.31. The number of nitrogens with zero attached hydrogens (tertiary/aromatic N) is 2. The Morgan fingerprint density at radius 2 is 2.05 bits per heavy atom. The van der Waals surface area contributed by atoms with Crippen LogP contribution in [0.1, 0.15) is 5.56 Å². The summed E-state index contributed by atoms with van der Waals surface area (Å²) >= 11 is 3.46. The predicted molar refractivity (Wildman–Crippen MR) is 81.9 cm³/mol. The third-order valence-electron chi connectivity index (χ3n) is 2.82. The monoisotopic (exact) mass is 321 g/mol. The minimum Gasteiger partial charge on any atom is -0.438 e. The molecule has 100 valence electrons. The van der Waals surface area contributed by atoms with Crippen LogP contribution in [0.25, 0.3) is 0 Å². The second-order valence-electron chi connectivity index (χ2n) is 4.45. The van der Waals surface area contributed by atoms with Crippen LogP contribution in [0, 0.1) is 6.92 Å². The summed E-state index contributed by atoms with van der Waals surface area (Å²) in [6.45, 7) is 1.92. The standard InChI is InChI=1S/C14H16BrN3O/c1-9-12(16)8-17-14(13(9)15)19-11-6-4-5-10(7-11)18(2)3/h4-8H,16H2,1-3H3. The van der Waals surface area contributed by atoms with Crippen molar-refractivity contribution < 1.29 is 4.74 Å². The van der Waals surface area contributed by atoms with Crippen LogP contribution in [0.3, 0.4) is 0 Å². The zero-order valence-electron chi connectivity index (χ0n) is 11.1. The number of anilines is 2. The molecule has 0 bridgehead atoms. The number of benzene rings is 1. The summed E-state index contributed by atoms with van der Waals surface area (Å²) < 4.78 is 6.58. The van der Waals surface area contributed by atoms with Gasteiger partial charge in [0.2, 0.25) is 5.88 Å². The molecule has 0 amide bonds. The zero-order chi connectivity index (χ0) is 14.0. The van der Waals surface area contributed by atoms with Gasteiger partial charge in [-0.25, -0.2) is 4.98 Å². The molecule has 0 aliphatic rings. The van der Waals surface area contributed by atoms with E-state index in [9.17, 15) is 0 Å². The third-order valence-corrected chi connectivity index (χ3v) is 3.75. The van der Waals surface area contributed by atoms with E-state index in [-0.39, 0.29) is 0 Å². The smallest absolute Gasteiger partial charge is 0.234 e. The molecule has 0 fully saturated rings. The van der Waals surface area contributed by atoms with Gasteiger partial charge in [-0.1, -0.05) is 6.07 Å². The first-order valence-corrected chi connectivity index (χ1v) is 6.64. The fourth-order valence-electron chi connectivity index (χ4n) is 1.58. The van der Waals surface area contributed by atoms with E-state index in [1.54, 1.807) is 6.20 Å². The Morgan fingerprint density at radius 3 is 2.74 bits per heavy atom. The molecule has 0 aliphatic heterocycles. The quantitative estimate of drug-likeness (QED) is 0.938. The van der Waals surface area contributed by atoms with Crippen LogP contribution in [0.2, 0.25) is 0 Å². The highest BCUT2D eigenvalue weighted by Crippen LogP contribution is 2.33. The topological polar surface area (TPSA) is 51.4 Å². The van der Waals surface area contributed by atoms with Crippen molar-refractivity contribution in [1.29, 1.82) is 0 Å². The van der Waals surface area contributed by atoms with E-state index in [4.69, 9.17) is 10.5 Å². The van der Waals surface area contributed by atoms with Gasteiger partial charge in [0, 0.05) is 25.8 Å². The molecule has 2 rings (SSSR count). The number of nitrogens with two attached hydrogens (primary N) is 1.